The maximum atomic E-state index is 10.9. The third kappa shape index (κ3) is 4.47. The van der Waals surface area contributed by atoms with Gasteiger partial charge in [0.05, 0.1) is 18.8 Å². The van der Waals surface area contributed by atoms with Crippen molar-refractivity contribution < 1.29 is 19.4 Å². The van der Waals surface area contributed by atoms with Gasteiger partial charge in [0.1, 0.15) is 0 Å². The number of rotatable bonds is 8. The molecule has 1 rings (SSSR count). The molecule has 0 aliphatic heterocycles. The first-order valence-corrected chi connectivity index (χ1v) is 6.75. The second-order valence-electron chi connectivity index (χ2n) is 4.39. The number of benzene rings is 1. The average molecular weight is 266 g/mol. The van der Waals surface area contributed by atoms with Crippen LogP contribution in [0.4, 0.5) is 0 Å². The molecule has 0 radical (unpaired) electrons. The molecule has 106 valence electrons. The number of hydrogen-bond donors (Lipinski definition) is 1. The zero-order chi connectivity index (χ0) is 14.3. The van der Waals surface area contributed by atoms with E-state index in [0.29, 0.717) is 30.6 Å². The van der Waals surface area contributed by atoms with Crippen LogP contribution in [-0.4, -0.2) is 24.3 Å². The van der Waals surface area contributed by atoms with Crippen LogP contribution in [0.2, 0.25) is 0 Å². The first kappa shape index (κ1) is 15.3. The highest BCUT2D eigenvalue weighted by molar-refractivity contribution is 5.88. The van der Waals surface area contributed by atoms with Gasteiger partial charge in [0.15, 0.2) is 11.5 Å². The molecule has 19 heavy (non-hydrogen) atoms. The van der Waals surface area contributed by atoms with Gasteiger partial charge in [0.2, 0.25) is 0 Å². The molecule has 0 atom stereocenters. The van der Waals surface area contributed by atoms with Crippen LogP contribution in [0.1, 0.15) is 44.0 Å². The van der Waals surface area contributed by atoms with E-state index in [0.717, 1.165) is 12.8 Å². The van der Waals surface area contributed by atoms with Crippen molar-refractivity contribution in [2.75, 3.05) is 13.2 Å². The average Bonchev–Trinajstić information content (AvgIpc) is 2.41. The van der Waals surface area contributed by atoms with Gasteiger partial charge >= 0.3 is 5.97 Å². The molecule has 1 aromatic carbocycles. The van der Waals surface area contributed by atoms with Gasteiger partial charge < -0.3 is 14.6 Å². The summed E-state index contributed by atoms with van der Waals surface area (Å²) in [6.45, 7) is 7.23. The molecule has 0 fully saturated rings. The number of carboxylic acids is 1. The van der Waals surface area contributed by atoms with E-state index in [4.69, 9.17) is 14.6 Å². The molecule has 0 aliphatic rings. The lowest BCUT2D eigenvalue weighted by Crippen LogP contribution is -2.11. The first-order chi connectivity index (χ1) is 9.12. The van der Waals surface area contributed by atoms with Crippen LogP contribution in [0.15, 0.2) is 18.2 Å². The normalized spacial score (nSPS) is 10.5. The summed E-state index contributed by atoms with van der Waals surface area (Å²) in [5.41, 5.74) is 0.207. The molecule has 0 aromatic heterocycles. The summed E-state index contributed by atoms with van der Waals surface area (Å²) in [7, 11) is 0. The highest BCUT2D eigenvalue weighted by atomic mass is 16.5. The maximum absolute atomic E-state index is 10.9. The predicted octanol–water partition coefficient (Wildman–Crippen LogP) is 3.60. The van der Waals surface area contributed by atoms with Gasteiger partial charge in [-0.15, -0.1) is 0 Å². The Balaban J connectivity index is 2.84. The van der Waals surface area contributed by atoms with Crippen molar-refractivity contribution >= 4 is 5.97 Å². The Morgan fingerprint density at radius 2 is 1.84 bits per heavy atom. The quantitative estimate of drug-likeness (QED) is 0.781. The summed E-state index contributed by atoms with van der Waals surface area (Å²) in [6.07, 6.45) is 2.13. The third-order valence-corrected chi connectivity index (χ3v) is 3.12. The molecule has 1 aromatic rings. The van der Waals surface area contributed by atoms with Crippen molar-refractivity contribution in [2.45, 2.75) is 33.6 Å². The lowest BCUT2D eigenvalue weighted by molar-refractivity contribution is 0.0696. The number of carboxylic acid groups (broad SMARTS) is 1. The standard InChI is InChI=1S/C15H22O4/c1-4-11(5-2)10-19-13-8-7-12(15(16)17)9-14(13)18-6-3/h7-9,11H,4-6,10H2,1-3H3,(H,16,17). The SMILES string of the molecule is CCOc1cc(C(=O)O)ccc1OCC(CC)CC. The van der Waals surface area contributed by atoms with Gasteiger partial charge in [0.25, 0.3) is 0 Å². The van der Waals surface area contributed by atoms with Crippen molar-refractivity contribution in [2.24, 2.45) is 5.92 Å². The molecule has 0 aliphatic carbocycles. The molecule has 0 bridgehead atoms. The van der Waals surface area contributed by atoms with E-state index < -0.39 is 5.97 Å². The maximum Gasteiger partial charge on any atom is 0.335 e. The van der Waals surface area contributed by atoms with Crippen molar-refractivity contribution in [1.82, 2.24) is 0 Å². The topological polar surface area (TPSA) is 55.8 Å². The number of aromatic carboxylic acids is 1. The molecule has 0 unspecified atom stereocenters. The van der Waals surface area contributed by atoms with Crippen LogP contribution in [0, 0.1) is 5.92 Å². The fourth-order valence-electron chi connectivity index (χ4n) is 1.76. The van der Waals surface area contributed by atoms with E-state index in [1.165, 1.54) is 12.1 Å². The van der Waals surface area contributed by atoms with E-state index in [9.17, 15) is 4.79 Å². The van der Waals surface area contributed by atoms with Gasteiger partial charge in [-0.1, -0.05) is 26.7 Å². The van der Waals surface area contributed by atoms with Crippen LogP contribution in [0.3, 0.4) is 0 Å². The zero-order valence-electron chi connectivity index (χ0n) is 11.8. The van der Waals surface area contributed by atoms with Gasteiger partial charge in [0, 0.05) is 0 Å². The Morgan fingerprint density at radius 3 is 2.37 bits per heavy atom. The Hall–Kier alpha value is -1.71. The molecule has 0 saturated carbocycles. The lowest BCUT2D eigenvalue weighted by atomic mass is 10.1. The summed E-state index contributed by atoms with van der Waals surface area (Å²) in [4.78, 5) is 10.9. The smallest absolute Gasteiger partial charge is 0.335 e. The van der Waals surface area contributed by atoms with E-state index in [1.807, 2.05) is 6.92 Å². The van der Waals surface area contributed by atoms with Crippen LogP contribution in [0.5, 0.6) is 11.5 Å². The van der Waals surface area contributed by atoms with Gasteiger partial charge in [-0.25, -0.2) is 4.79 Å². The van der Waals surface area contributed by atoms with Gasteiger partial charge in [-0.3, -0.25) is 0 Å². The van der Waals surface area contributed by atoms with Crippen LogP contribution in [0.25, 0.3) is 0 Å². The fraction of sp³-hybridized carbons (Fsp3) is 0.533. The summed E-state index contributed by atoms with van der Waals surface area (Å²) in [5.74, 6) is 0.647. The van der Waals surface area contributed by atoms with Crippen molar-refractivity contribution in [3.63, 3.8) is 0 Å². The van der Waals surface area contributed by atoms with E-state index in [1.54, 1.807) is 6.07 Å². The molecule has 0 saturated heterocycles. The molecule has 0 heterocycles. The predicted molar refractivity (Wildman–Crippen MR) is 74.1 cm³/mol. The lowest BCUT2D eigenvalue weighted by Gasteiger charge is -2.16. The molecule has 0 spiro atoms. The molecule has 1 N–H and O–H groups in total. The molecular formula is C15H22O4. The third-order valence-electron chi connectivity index (χ3n) is 3.12. The molecule has 0 amide bonds. The molecular weight excluding hydrogens is 244 g/mol. The van der Waals surface area contributed by atoms with Crippen molar-refractivity contribution in [1.29, 1.82) is 0 Å². The monoisotopic (exact) mass is 266 g/mol. The largest absolute Gasteiger partial charge is 0.490 e. The second kappa shape index (κ2) is 7.67. The number of ether oxygens (including phenoxy) is 2. The van der Waals surface area contributed by atoms with E-state index >= 15 is 0 Å². The summed E-state index contributed by atoms with van der Waals surface area (Å²) < 4.78 is 11.2. The van der Waals surface area contributed by atoms with Crippen molar-refractivity contribution in [3.05, 3.63) is 23.8 Å². The van der Waals surface area contributed by atoms with Crippen LogP contribution >= 0.6 is 0 Å². The van der Waals surface area contributed by atoms with Gasteiger partial charge in [-0.05, 0) is 31.0 Å². The number of hydrogen-bond acceptors (Lipinski definition) is 3. The summed E-state index contributed by atoms with van der Waals surface area (Å²) >= 11 is 0. The first-order valence-electron chi connectivity index (χ1n) is 6.75. The van der Waals surface area contributed by atoms with Crippen molar-refractivity contribution in [3.8, 4) is 11.5 Å². The Labute approximate surface area is 114 Å². The number of carbonyl (C=O) groups is 1. The Bertz CT molecular complexity index is 411. The second-order valence-corrected chi connectivity index (χ2v) is 4.39. The van der Waals surface area contributed by atoms with Crippen LogP contribution in [-0.2, 0) is 0 Å². The Kier molecular flexibility index (Phi) is 6.19. The van der Waals surface area contributed by atoms with E-state index in [-0.39, 0.29) is 5.56 Å². The molecule has 4 heteroatoms. The fourth-order valence-corrected chi connectivity index (χ4v) is 1.76. The summed E-state index contributed by atoms with van der Waals surface area (Å²) in [5, 5.41) is 8.97. The minimum absolute atomic E-state index is 0.207. The summed E-state index contributed by atoms with van der Waals surface area (Å²) in [6, 6.07) is 4.71. The van der Waals surface area contributed by atoms with E-state index in [2.05, 4.69) is 13.8 Å². The highest BCUT2D eigenvalue weighted by Gasteiger charge is 2.12. The highest BCUT2D eigenvalue weighted by Crippen LogP contribution is 2.29. The Morgan fingerprint density at radius 1 is 1.16 bits per heavy atom. The van der Waals surface area contributed by atoms with Gasteiger partial charge in [-0.2, -0.15) is 0 Å². The molecule has 4 nitrogen and oxygen atoms in total. The minimum atomic E-state index is -0.965. The zero-order valence-corrected chi connectivity index (χ0v) is 11.8. The minimum Gasteiger partial charge on any atom is -0.490 e. The van der Waals surface area contributed by atoms with Crippen LogP contribution < -0.4 is 9.47 Å².